The van der Waals surface area contributed by atoms with Crippen molar-refractivity contribution in [2.75, 3.05) is 14.1 Å². The first-order valence-corrected chi connectivity index (χ1v) is 3.88. The molecule has 1 unspecified atom stereocenters. The van der Waals surface area contributed by atoms with Crippen molar-refractivity contribution in [3.8, 4) is 0 Å². The molecule has 0 heterocycles. The average Bonchev–Trinajstić information content (AvgIpc) is 2.72. The molecule has 0 saturated heterocycles. The molecule has 0 aromatic heterocycles. The van der Waals surface area contributed by atoms with Crippen LogP contribution in [0.1, 0.15) is 12.8 Å². The van der Waals surface area contributed by atoms with Gasteiger partial charge in [0.2, 0.25) is 5.91 Å². The lowest BCUT2D eigenvalue weighted by atomic mass is 10.0. The highest BCUT2D eigenvalue weighted by Crippen LogP contribution is 2.36. The third-order valence-electron chi connectivity index (χ3n) is 2.04. The van der Waals surface area contributed by atoms with Gasteiger partial charge in [0.05, 0.1) is 5.92 Å². The Balaban J connectivity index is 2.53. The molecule has 1 aliphatic carbocycles. The van der Waals surface area contributed by atoms with Crippen molar-refractivity contribution in [2.45, 2.75) is 12.8 Å². The van der Waals surface area contributed by atoms with Crippen LogP contribution >= 0.6 is 0 Å². The van der Waals surface area contributed by atoms with Crippen LogP contribution in [-0.4, -0.2) is 31.1 Å². The Morgan fingerprint density at radius 2 is 2.18 bits per heavy atom. The molecule has 11 heavy (non-hydrogen) atoms. The number of carbonyl (C=O) groups excluding carboxylic acids is 1. The highest BCUT2D eigenvalue weighted by Gasteiger charge is 2.35. The largest absolute Gasteiger partial charge is 0.348 e. The standard InChI is InChI=1S/C8H14N2O/c1-10(2)8(11)7(5-9)6-3-4-6/h5-7,9H,3-4H2,1-2H3. The van der Waals surface area contributed by atoms with Crippen molar-refractivity contribution >= 4 is 12.1 Å². The maximum atomic E-state index is 11.3. The van der Waals surface area contributed by atoms with E-state index in [1.807, 2.05) is 0 Å². The van der Waals surface area contributed by atoms with Crippen LogP contribution in [0.3, 0.4) is 0 Å². The van der Waals surface area contributed by atoms with Gasteiger partial charge >= 0.3 is 0 Å². The lowest BCUT2D eigenvalue weighted by Crippen LogP contribution is -2.31. The van der Waals surface area contributed by atoms with E-state index in [9.17, 15) is 4.79 Å². The SMILES string of the molecule is CN(C)C(=O)C(C=N)C1CC1. The normalized spacial score (nSPS) is 19.1. The second-order valence-corrected chi connectivity index (χ2v) is 3.26. The van der Waals surface area contributed by atoms with E-state index >= 15 is 0 Å². The van der Waals surface area contributed by atoms with E-state index in [4.69, 9.17) is 5.41 Å². The maximum Gasteiger partial charge on any atom is 0.230 e. The van der Waals surface area contributed by atoms with Crippen LogP contribution in [0.4, 0.5) is 0 Å². The first-order chi connectivity index (χ1) is 5.16. The Kier molecular flexibility index (Phi) is 2.27. The molecule has 1 N–H and O–H groups in total. The summed E-state index contributed by atoms with van der Waals surface area (Å²) in [6.07, 6.45) is 3.50. The van der Waals surface area contributed by atoms with Gasteiger partial charge in [0.1, 0.15) is 0 Å². The summed E-state index contributed by atoms with van der Waals surface area (Å²) in [5, 5.41) is 7.08. The van der Waals surface area contributed by atoms with Crippen molar-refractivity contribution in [2.24, 2.45) is 11.8 Å². The number of hydrogen-bond acceptors (Lipinski definition) is 2. The lowest BCUT2D eigenvalue weighted by molar-refractivity contribution is -0.131. The molecule has 0 radical (unpaired) electrons. The van der Waals surface area contributed by atoms with Gasteiger partial charge in [0, 0.05) is 20.3 Å². The molecule has 0 aliphatic heterocycles. The fourth-order valence-electron chi connectivity index (χ4n) is 1.16. The van der Waals surface area contributed by atoms with Gasteiger partial charge in [-0.05, 0) is 18.8 Å². The quantitative estimate of drug-likeness (QED) is 0.599. The molecule has 0 bridgehead atoms. The summed E-state index contributed by atoms with van der Waals surface area (Å²) in [7, 11) is 3.47. The Bertz CT molecular complexity index is 173. The minimum atomic E-state index is -0.148. The van der Waals surface area contributed by atoms with Crippen LogP contribution in [0.25, 0.3) is 0 Å². The molecular formula is C8H14N2O. The predicted molar refractivity (Wildman–Crippen MR) is 43.7 cm³/mol. The van der Waals surface area contributed by atoms with Crippen LogP contribution in [0.15, 0.2) is 0 Å². The van der Waals surface area contributed by atoms with Gasteiger partial charge in [-0.25, -0.2) is 0 Å². The predicted octanol–water partition coefficient (Wildman–Crippen LogP) is 0.750. The van der Waals surface area contributed by atoms with Gasteiger partial charge in [-0.3, -0.25) is 4.79 Å². The van der Waals surface area contributed by atoms with Crippen molar-refractivity contribution in [3.63, 3.8) is 0 Å². The second kappa shape index (κ2) is 3.03. The number of nitrogens with zero attached hydrogens (tertiary/aromatic N) is 1. The van der Waals surface area contributed by atoms with Crippen LogP contribution in [0.2, 0.25) is 0 Å². The Labute approximate surface area is 66.9 Å². The summed E-state index contributed by atoms with van der Waals surface area (Å²) >= 11 is 0. The minimum absolute atomic E-state index is 0.0718. The monoisotopic (exact) mass is 154 g/mol. The second-order valence-electron chi connectivity index (χ2n) is 3.26. The van der Waals surface area contributed by atoms with Crippen LogP contribution in [0, 0.1) is 17.2 Å². The average molecular weight is 154 g/mol. The Hall–Kier alpha value is -0.860. The first kappa shape index (κ1) is 8.24. The summed E-state index contributed by atoms with van der Waals surface area (Å²) in [4.78, 5) is 12.9. The third-order valence-corrected chi connectivity index (χ3v) is 2.04. The molecule has 1 rings (SSSR count). The van der Waals surface area contributed by atoms with Gasteiger partial charge in [-0.2, -0.15) is 0 Å². The molecule has 1 atom stereocenters. The molecule has 62 valence electrons. The van der Waals surface area contributed by atoms with Gasteiger partial charge in [-0.15, -0.1) is 0 Å². The molecule has 1 aliphatic rings. The van der Waals surface area contributed by atoms with E-state index < -0.39 is 0 Å². The topological polar surface area (TPSA) is 44.2 Å². The van der Waals surface area contributed by atoms with Crippen molar-refractivity contribution in [1.29, 1.82) is 5.41 Å². The van der Waals surface area contributed by atoms with Gasteiger partial charge in [-0.1, -0.05) is 0 Å². The van der Waals surface area contributed by atoms with Gasteiger partial charge in [0.15, 0.2) is 0 Å². The number of hydrogen-bond donors (Lipinski definition) is 1. The van der Waals surface area contributed by atoms with E-state index in [0.29, 0.717) is 5.92 Å². The summed E-state index contributed by atoms with van der Waals surface area (Å²) in [5.41, 5.74) is 0. The molecule has 0 aromatic rings. The van der Waals surface area contributed by atoms with Crippen molar-refractivity contribution in [1.82, 2.24) is 4.90 Å². The Morgan fingerprint density at radius 3 is 2.45 bits per heavy atom. The molecule has 0 aromatic carbocycles. The molecule has 3 nitrogen and oxygen atoms in total. The highest BCUT2D eigenvalue weighted by molar-refractivity contribution is 5.92. The fourth-order valence-corrected chi connectivity index (χ4v) is 1.16. The van der Waals surface area contributed by atoms with E-state index in [1.54, 1.807) is 19.0 Å². The molecule has 0 spiro atoms. The van der Waals surface area contributed by atoms with Gasteiger partial charge < -0.3 is 10.3 Å². The molecular weight excluding hydrogens is 140 g/mol. The van der Waals surface area contributed by atoms with Crippen molar-refractivity contribution < 1.29 is 4.79 Å². The third kappa shape index (κ3) is 1.79. The van der Waals surface area contributed by atoms with E-state index in [1.165, 1.54) is 6.21 Å². The fraction of sp³-hybridized carbons (Fsp3) is 0.750. The summed E-state index contributed by atoms with van der Waals surface area (Å²) in [6.45, 7) is 0. The van der Waals surface area contributed by atoms with Crippen LogP contribution in [0.5, 0.6) is 0 Å². The zero-order valence-electron chi connectivity index (χ0n) is 7.00. The van der Waals surface area contributed by atoms with E-state index in [0.717, 1.165) is 12.8 Å². The number of nitrogens with one attached hydrogen (secondary N) is 1. The lowest BCUT2D eigenvalue weighted by Gasteiger charge is -2.15. The summed E-state index contributed by atoms with van der Waals surface area (Å²) in [5.74, 6) is 0.384. The summed E-state index contributed by atoms with van der Waals surface area (Å²) < 4.78 is 0. The molecule has 1 fully saturated rings. The number of rotatable bonds is 3. The first-order valence-electron chi connectivity index (χ1n) is 3.88. The Morgan fingerprint density at radius 1 is 1.64 bits per heavy atom. The zero-order valence-corrected chi connectivity index (χ0v) is 7.00. The van der Waals surface area contributed by atoms with Crippen molar-refractivity contribution in [3.05, 3.63) is 0 Å². The van der Waals surface area contributed by atoms with Crippen LogP contribution < -0.4 is 0 Å². The van der Waals surface area contributed by atoms with E-state index in [2.05, 4.69) is 0 Å². The maximum absolute atomic E-state index is 11.3. The molecule has 1 saturated carbocycles. The van der Waals surface area contributed by atoms with Gasteiger partial charge in [0.25, 0.3) is 0 Å². The highest BCUT2D eigenvalue weighted by atomic mass is 16.2. The smallest absolute Gasteiger partial charge is 0.230 e. The van der Waals surface area contributed by atoms with E-state index in [-0.39, 0.29) is 11.8 Å². The zero-order chi connectivity index (χ0) is 8.43. The summed E-state index contributed by atoms with van der Waals surface area (Å²) in [6, 6.07) is 0. The number of carbonyl (C=O) groups is 1. The molecule has 1 amide bonds. The minimum Gasteiger partial charge on any atom is -0.348 e. The number of amides is 1. The van der Waals surface area contributed by atoms with Crippen LogP contribution in [-0.2, 0) is 4.79 Å². The molecule has 3 heteroatoms.